The van der Waals surface area contributed by atoms with Crippen molar-refractivity contribution in [3.63, 3.8) is 0 Å². The average Bonchev–Trinajstić information content (AvgIpc) is 2.84. The van der Waals surface area contributed by atoms with Crippen molar-refractivity contribution in [2.45, 2.75) is 59.3 Å². The number of esters is 3. The van der Waals surface area contributed by atoms with Gasteiger partial charge in [-0.05, 0) is 31.9 Å². The molecule has 1 aliphatic heterocycles. The minimum atomic E-state index is -1.39. The molecule has 2 heterocycles. The molecule has 1 aliphatic rings. The van der Waals surface area contributed by atoms with Crippen LogP contribution in [0.3, 0.4) is 0 Å². The van der Waals surface area contributed by atoms with E-state index >= 15 is 0 Å². The highest BCUT2D eigenvalue weighted by Gasteiger charge is 2.41. The molecule has 36 heavy (non-hydrogen) atoms. The van der Waals surface area contributed by atoms with Crippen LogP contribution in [-0.2, 0) is 28.6 Å². The van der Waals surface area contributed by atoms with Gasteiger partial charge < -0.3 is 29.2 Å². The third-order valence-corrected chi connectivity index (χ3v) is 5.48. The van der Waals surface area contributed by atoms with Crippen LogP contribution in [0.5, 0.6) is 5.75 Å². The fraction of sp³-hybridized carbons (Fsp3) is 0.583. The smallest absolute Gasteiger partial charge is 0.414 e. The van der Waals surface area contributed by atoms with Crippen LogP contribution in [-0.4, -0.2) is 78.7 Å². The molecular weight excluding hydrogens is 474 g/mol. The van der Waals surface area contributed by atoms with Crippen LogP contribution >= 0.6 is 0 Å². The van der Waals surface area contributed by atoms with Gasteiger partial charge in [-0.2, -0.15) is 0 Å². The van der Waals surface area contributed by atoms with E-state index in [1.165, 1.54) is 32.1 Å². The summed E-state index contributed by atoms with van der Waals surface area (Å²) in [6, 6.07) is 0.164. The first-order valence-electron chi connectivity index (χ1n) is 11.6. The molecule has 0 bridgehead atoms. The van der Waals surface area contributed by atoms with Crippen molar-refractivity contribution in [2.24, 2.45) is 11.8 Å². The average molecular weight is 508 g/mol. The standard InChI is InChI=1S/C24H33N3O9/c1-8-15-19(35-21(29)12(2)3)14(5)34-23(31)16(11-33-22(15)30)26-20(28)17-18(13(4)9-10-25-17)36-24(32)27(6)7/h9-10,12,14-16,19H,8,11H2,1-7H3,(H,26,28)/t14-,15+,16-,19-/m0/s1. The Hall–Kier alpha value is -3.70. The van der Waals surface area contributed by atoms with E-state index in [4.69, 9.17) is 18.9 Å². The van der Waals surface area contributed by atoms with Gasteiger partial charge in [-0.3, -0.25) is 14.4 Å². The number of ether oxygens (including phenoxy) is 4. The molecule has 0 aromatic carbocycles. The zero-order valence-corrected chi connectivity index (χ0v) is 21.5. The lowest BCUT2D eigenvalue weighted by molar-refractivity contribution is -0.176. The van der Waals surface area contributed by atoms with E-state index in [2.05, 4.69) is 10.3 Å². The van der Waals surface area contributed by atoms with Crippen molar-refractivity contribution < 1.29 is 42.9 Å². The lowest BCUT2D eigenvalue weighted by atomic mass is 9.95. The summed E-state index contributed by atoms with van der Waals surface area (Å²) in [5.41, 5.74) is 0.218. The normalized spacial score (nSPS) is 22.3. The van der Waals surface area contributed by atoms with Crippen LogP contribution in [0.1, 0.15) is 50.2 Å². The van der Waals surface area contributed by atoms with Gasteiger partial charge >= 0.3 is 24.0 Å². The Morgan fingerprint density at radius 3 is 2.47 bits per heavy atom. The van der Waals surface area contributed by atoms with Gasteiger partial charge in [-0.15, -0.1) is 0 Å². The minimum absolute atomic E-state index is 0.0813. The van der Waals surface area contributed by atoms with Gasteiger partial charge in [0.05, 0.1) is 11.8 Å². The van der Waals surface area contributed by atoms with E-state index in [-0.39, 0.29) is 17.9 Å². The highest BCUT2D eigenvalue weighted by Crippen LogP contribution is 2.25. The second-order valence-corrected chi connectivity index (χ2v) is 8.94. The van der Waals surface area contributed by atoms with Gasteiger partial charge in [0.25, 0.3) is 5.91 Å². The number of cyclic esters (lactones) is 2. The molecule has 1 aromatic rings. The van der Waals surface area contributed by atoms with E-state index in [1.54, 1.807) is 33.8 Å². The second kappa shape index (κ2) is 12.3. The number of carbonyl (C=O) groups excluding carboxylic acids is 5. The fourth-order valence-corrected chi connectivity index (χ4v) is 3.32. The Morgan fingerprint density at radius 2 is 1.89 bits per heavy atom. The Labute approximate surface area is 209 Å². The summed E-state index contributed by atoms with van der Waals surface area (Å²) in [7, 11) is 2.96. The summed E-state index contributed by atoms with van der Waals surface area (Å²) in [4.78, 5) is 68.2. The van der Waals surface area contributed by atoms with Gasteiger partial charge in [0.15, 0.2) is 23.6 Å². The molecule has 198 valence electrons. The highest BCUT2D eigenvalue weighted by atomic mass is 16.6. The Kier molecular flexibility index (Phi) is 9.76. The maximum atomic E-state index is 13.0. The van der Waals surface area contributed by atoms with Crippen LogP contribution in [0.25, 0.3) is 0 Å². The molecule has 2 rings (SSSR count). The molecule has 0 saturated carbocycles. The number of nitrogens with zero attached hydrogens (tertiary/aromatic N) is 2. The van der Waals surface area contributed by atoms with Gasteiger partial charge in [-0.1, -0.05) is 20.8 Å². The third kappa shape index (κ3) is 6.92. The Morgan fingerprint density at radius 1 is 1.22 bits per heavy atom. The quantitative estimate of drug-likeness (QED) is 0.444. The first-order chi connectivity index (χ1) is 16.9. The van der Waals surface area contributed by atoms with E-state index in [0.29, 0.717) is 5.56 Å². The number of aryl methyl sites for hydroxylation is 1. The molecule has 0 unspecified atom stereocenters. The van der Waals surface area contributed by atoms with Gasteiger partial charge in [0, 0.05) is 20.3 Å². The van der Waals surface area contributed by atoms with Crippen molar-refractivity contribution >= 4 is 29.9 Å². The number of amides is 2. The van der Waals surface area contributed by atoms with E-state index in [0.717, 1.165) is 0 Å². The van der Waals surface area contributed by atoms with Crippen LogP contribution in [0.4, 0.5) is 4.79 Å². The molecular formula is C24H33N3O9. The zero-order chi connectivity index (χ0) is 27.2. The Balaban J connectivity index is 2.29. The number of aromatic nitrogens is 1. The zero-order valence-electron chi connectivity index (χ0n) is 21.5. The molecule has 1 saturated heterocycles. The van der Waals surface area contributed by atoms with Crippen LogP contribution in [0.15, 0.2) is 12.3 Å². The number of nitrogens with one attached hydrogen (secondary N) is 1. The summed E-state index contributed by atoms with van der Waals surface area (Å²) in [6.07, 6.45) is -1.17. The first kappa shape index (κ1) is 28.5. The van der Waals surface area contributed by atoms with Crippen molar-refractivity contribution in [3.8, 4) is 5.75 Å². The Bertz CT molecular complexity index is 1010. The summed E-state index contributed by atoms with van der Waals surface area (Å²) < 4.78 is 21.5. The first-order valence-corrected chi connectivity index (χ1v) is 11.6. The number of carbonyl (C=O) groups is 5. The van der Waals surface area contributed by atoms with Crippen molar-refractivity contribution in [2.75, 3.05) is 20.7 Å². The maximum absolute atomic E-state index is 13.0. The molecule has 12 heteroatoms. The van der Waals surface area contributed by atoms with Crippen LogP contribution in [0.2, 0.25) is 0 Å². The lowest BCUT2D eigenvalue weighted by Gasteiger charge is -2.29. The summed E-state index contributed by atoms with van der Waals surface area (Å²) in [5.74, 6) is -4.41. The van der Waals surface area contributed by atoms with Crippen molar-refractivity contribution in [1.82, 2.24) is 15.2 Å². The predicted molar refractivity (Wildman–Crippen MR) is 125 cm³/mol. The highest BCUT2D eigenvalue weighted by molar-refractivity contribution is 5.98. The molecule has 1 fully saturated rings. The maximum Gasteiger partial charge on any atom is 0.414 e. The molecule has 0 radical (unpaired) electrons. The van der Waals surface area contributed by atoms with Crippen LogP contribution in [0, 0.1) is 18.8 Å². The number of hydrogen-bond donors (Lipinski definition) is 1. The van der Waals surface area contributed by atoms with E-state index in [1.807, 2.05) is 0 Å². The molecule has 2 amide bonds. The lowest BCUT2D eigenvalue weighted by Crippen LogP contribution is -2.47. The molecule has 12 nitrogen and oxygen atoms in total. The molecule has 0 spiro atoms. The number of rotatable bonds is 6. The predicted octanol–water partition coefficient (Wildman–Crippen LogP) is 1.63. The second-order valence-electron chi connectivity index (χ2n) is 8.94. The monoisotopic (exact) mass is 507 g/mol. The number of hydrogen-bond acceptors (Lipinski definition) is 10. The molecule has 1 N–H and O–H groups in total. The molecule has 1 aromatic heterocycles. The summed E-state index contributed by atoms with van der Waals surface area (Å²) in [5, 5.41) is 2.43. The summed E-state index contributed by atoms with van der Waals surface area (Å²) >= 11 is 0. The van der Waals surface area contributed by atoms with Gasteiger partial charge in [-0.25, -0.2) is 14.6 Å². The van der Waals surface area contributed by atoms with Crippen molar-refractivity contribution in [3.05, 3.63) is 23.5 Å². The van der Waals surface area contributed by atoms with Crippen LogP contribution < -0.4 is 10.1 Å². The minimum Gasteiger partial charge on any atom is -0.463 e. The third-order valence-electron chi connectivity index (χ3n) is 5.48. The molecule has 4 atom stereocenters. The van der Waals surface area contributed by atoms with Gasteiger partial charge in [0.2, 0.25) is 0 Å². The van der Waals surface area contributed by atoms with Gasteiger partial charge in [0.1, 0.15) is 12.7 Å². The van der Waals surface area contributed by atoms with E-state index in [9.17, 15) is 24.0 Å². The molecule has 0 aliphatic carbocycles. The number of pyridine rings is 1. The van der Waals surface area contributed by atoms with E-state index < -0.39 is 66.6 Å². The SMILES string of the molecule is CC[C@H]1C(=O)OC[C@H](NC(=O)c2nccc(C)c2OC(=O)N(C)C)C(=O)O[C@@H](C)[C@@H]1OC(=O)C(C)C. The van der Waals surface area contributed by atoms with Crippen molar-refractivity contribution in [1.29, 1.82) is 0 Å². The topological polar surface area (TPSA) is 150 Å². The fourth-order valence-electron chi connectivity index (χ4n) is 3.32. The largest absolute Gasteiger partial charge is 0.463 e. The summed E-state index contributed by atoms with van der Waals surface area (Å²) in [6.45, 7) is 7.60.